The number of unbranched alkanes of at least 4 members (excludes halogenated alkanes) is 1. The normalized spacial score (nSPS) is 17.0. The van der Waals surface area contributed by atoms with Crippen molar-refractivity contribution < 1.29 is 18.7 Å². The molecule has 3 heterocycles. The Morgan fingerprint density at radius 3 is 2.50 bits per heavy atom. The van der Waals surface area contributed by atoms with E-state index in [1.807, 2.05) is 22.9 Å². The van der Waals surface area contributed by atoms with Gasteiger partial charge in [-0.2, -0.15) is 0 Å². The molecule has 2 aromatic carbocycles. The van der Waals surface area contributed by atoms with E-state index in [0.717, 1.165) is 77.1 Å². The average molecular weight is 579 g/mol. The highest BCUT2D eigenvalue weighted by atomic mass is 19.1. The number of methoxy groups -OCH3 is 1. The number of hydrogen-bond acceptors (Lipinski definition) is 6. The maximum absolute atomic E-state index is 15.3. The molecule has 0 spiro atoms. The van der Waals surface area contributed by atoms with Gasteiger partial charge >= 0.3 is 0 Å². The molecule has 3 aromatic rings. The van der Waals surface area contributed by atoms with Crippen LogP contribution in [0.5, 0.6) is 5.75 Å². The van der Waals surface area contributed by atoms with Crippen LogP contribution >= 0.6 is 0 Å². The fourth-order valence-corrected chi connectivity index (χ4v) is 6.25. The van der Waals surface area contributed by atoms with E-state index in [2.05, 4.69) is 22.0 Å². The number of ether oxygens (including phenoxy) is 2. The van der Waals surface area contributed by atoms with Crippen molar-refractivity contribution in [3.05, 3.63) is 64.2 Å². The fraction of sp³-hybridized carbons (Fsp3) is 0.515. The number of morpholine rings is 1. The summed E-state index contributed by atoms with van der Waals surface area (Å²) in [5.74, 6) is 0.141. The van der Waals surface area contributed by atoms with Crippen LogP contribution in [0, 0.1) is 5.82 Å². The van der Waals surface area contributed by atoms with E-state index in [-0.39, 0.29) is 16.7 Å². The van der Waals surface area contributed by atoms with E-state index >= 15 is 4.39 Å². The molecular weight excluding hydrogens is 535 g/mol. The highest BCUT2D eigenvalue weighted by Gasteiger charge is 2.26. The standard InChI is InChI=1S/C33H43FN4O4/c1-3-4-5-25-8-11-29(34)31-32(25)38(22-28(33(31)40)24-6-9-27(41-2)10-7-24)17-14-35-30(39)23-36-15-12-26(13-16-36)37-18-20-42-21-19-37/h6-11,22,26H,3-5,12-21,23H2,1-2H3,(H,35,39). The molecule has 0 bridgehead atoms. The van der Waals surface area contributed by atoms with Crippen LogP contribution in [-0.2, 0) is 22.5 Å². The van der Waals surface area contributed by atoms with Gasteiger partial charge in [-0.05, 0) is 55.0 Å². The first-order valence-corrected chi connectivity index (χ1v) is 15.3. The molecule has 0 saturated carbocycles. The minimum absolute atomic E-state index is 0.0158. The summed E-state index contributed by atoms with van der Waals surface area (Å²) in [6, 6.07) is 11.0. The van der Waals surface area contributed by atoms with Gasteiger partial charge in [0.15, 0.2) is 5.43 Å². The molecule has 5 rings (SSSR count). The second-order valence-corrected chi connectivity index (χ2v) is 11.3. The van der Waals surface area contributed by atoms with Crippen molar-refractivity contribution in [1.29, 1.82) is 0 Å². The first-order valence-electron chi connectivity index (χ1n) is 15.3. The van der Waals surface area contributed by atoms with Crippen LogP contribution in [0.3, 0.4) is 0 Å². The minimum atomic E-state index is -0.524. The predicted octanol–water partition coefficient (Wildman–Crippen LogP) is 4.07. The number of aromatic nitrogens is 1. The monoisotopic (exact) mass is 578 g/mol. The van der Waals surface area contributed by atoms with Gasteiger partial charge in [-0.25, -0.2) is 4.39 Å². The second-order valence-electron chi connectivity index (χ2n) is 11.3. The van der Waals surface area contributed by atoms with Crippen LogP contribution in [-0.4, -0.2) is 85.9 Å². The van der Waals surface area contributed by atoms with Gasteiger partial charge in [0.05, 0.1) is 37.8 Å². The number of carbonyl (C=O) groups excluding carboxylic acids is 1. The smallest absolute Gasteiger partial charge is 0.234 e. The van der Waals surface area contributed by atoms with Crippen molar-refractivity contribution in [2.45, 2.75) is 51.6 Å². The number of fused-ring (bicyclic) bond motifs is 1. The Kier molecular flexibility index (Phi) is 10.3. The van der Waals surface area contributed by atoms with E-state index in [4.69, 9.17) is 9.47 Å². The van der Waals surface area contributed by atoms with E-state index < -0.39 is 5.82 Å². The average Bonchev–Trinajstić information content (AvgIpc) is 3.02. The molecular formula is C33H43FN4O4. The number of aryl methyl sites for hydroxylation is 1. The highest BCUT2D eigenvalue weighted by Crippen LogP contribution is 2.27. The third-order valence-electron chi connectivity index (χ3n) is 8.62. The van der Waals surface area contributed by atoms with Crippen LogP contribution < -0.4 is 15.5 Å². The Morgan fingerprint density at radius 2 is 1.81 bits per heavy atom. The van der Waals surface area contributed by atoms with Crippen LogP contribution in [0.2, 0.25) is 0 Å². The van der Waals surface area contributed by atoms with Gasteiger partial charge in [-0.3, -0.25) is 19.4 Å². The summed E-state index contributed by atoms with van der Waals surface area (Å²) >= 11 is 0. The second kappa shape index (κ2) is 14.3. The zero-order chi connectivity index (χ0) is 29.5. The van der Waals surface area contributed by atoms with Gasteiger partial charge < -0.3 is 19.4 Å². The Bertz CT molecular complexity index is 1410. The van der Waals surface area contributed by atoms with Gasteiger partial charge in [0, 0.05) is 57.1 Å². The molecule has 0 unspecified atom stereocenters. The summed E-state index contributed by atoms with van der Waals surface area (Å²) in [6.45, 7) is 8.71. The maximum Gasteiger partial charge on any atom is 0.234 e. The lowest BCUT2D eigenvalue weighted by molar-refractivity contribution is -0.122. The predicted molar refractivity (Wildman–Crippen MR) is 164 cm³/mol. The van der Waals surface area contributed by atoms with Crippen molar-refractivity contribution in [2.75, 3.05) is 59.6 Å². The quantitative estimate of drug-likeness (QED) is 0.370. The lowest BCUT2D eigenvalue weighted by atomic mass is 9.99. The third kappa shape index (κ3) is 7.02. The summed E-state index contributed by atoms with van der Waals surface area (Å²) in [5, 5.41) is 3.17. The van der Waals surface area contributed by atoms with Crippen LogP contribution in [0.25, 0.3) is 22.0 Å². The molecule has 2 aliphatic rings. The molecule has 2 fully saturated rings. The lowest BCUT2D eigenvalue weighted by Gasteiger charge is -2.39. The van der Waals surface area contributed by atoms with E-state index in [1.54, 1.807) is 25.3 Å². The number of amides is 1. The molecule has 9 heteroatoms. The van der Waals surface area contributed by atoms with Crippen LogP contribution in [0.4, 0.5) is 4.39 Å². The van der Waals surface area contributed by atoms with Gasteiger partial charge in [0.2, 0.25) is 5.91 Å². The first-order chi connectivity index (χ1) is 20.5. The zero-order valence-corrected chi connectivity index (χ0v) is 24.9. The number of halogens is 1. The number of pyridine rings is 1. The number of rotatable bonds is 11. The maximum atomic E-state index is 15.3. The van der Waals surface area contributed by atoms with Crippen LogP contribution in [0.1, 0.15) is 38.2 Å². The zero-order valence-electron chi connectivity index (χ0n) is 24.9. The molecule has 8 nitrogen and oxygen atoms in total. The summed E-state index contributed by atoms with van der Waals surface area (Å²) in [6.07, 6.45) is 6.63. The van der Waals surface area contributed by atoms with Gasteiger partial charge in [-0.15, -0.1) is 0 Å². The first kappa shape index (κ1) is 30.2. The van der Waals surface area contributed by atoms with Gasteiger partial charge in [0.1, 0.15) is 11.6 Å². The Hall–Kier alpha value is -3.27. The third-order valence-corrected chi connectivity index (χ3v) is 8.62. The van der Waals surface area contributed by atoms with Crippen molar-refractivity contribution in [3.63, 3.8) is 0 Å². The molecule has 1 N–H and O–H groups in total. The van der Waals surface area contributed by atoms with Gasteiger partial charge in [-0.1, -0.05) is 31.5 Å². The summed E-state index contributed by atoms with van der Waals surface area (Å²) < 4.78 is 28.0. The van der Waals surface area contributed by atoms with Crippen molar-refractivity contribution >= 4 is 16.8 Å². The number of piperidine rings is 1. The molecule has 42 heavy (non-hydrogen) atoms. The van der Waals surface area contributed by atoms with Crippen molar-refractivity contribution in [2.24, 2.45) is 0 Å². The highest BCUT2D eigenvalue weighted by molar-refractivity contribution is 5.87. The molecule has 0 aliphatic carbocycles. The summed E-state index contributed by atoms with van der Waals surface area (Å²) in [4.78, 5) is 31.3. The number of carbonyl (C=O) groups is 1. The fourth-order valence-electron chi connectivity index (χ4n) is 6.25. The number of benzene rings is 2. The largest absolute Gasteiger partial charge is 0.497 e. The topological polar surface area (TPSA) is 76.0 Å². The Labute approximate surface area is 247 Å². The van der Waals surface area contributed by atoms with E-state index in [0.29, 0.717) is 48.1 Å². The summed E-state index contributed by atoms with van der Waals surface area (Å²) in [5.41, 5.74) is 2.35. The van der Waals surface area contributed by atoms with Crippen molar-refractivity contribution in [1.82, 2.24) is 19.7 Å². The van der Waals surface area contributed by atoms with Crippen molar-refractivity contribution in [3.8, 4) is 16.9 Å². The van der Waals surface area contributed by atoms with Crippen LogP contribution in [0.15, 0.2) is 47.4 Å². The SMILES string of the molecule is CCCCc1ccc(F)c2c(=O)c(-c3ccc(OC)cc3)cn(CCNC(=O)CN3CCC(N4CCOCC4)CC3)c12. The molecule has 1 amide bonds. The molecule has 0 radical (unpaired) electrons. The molecule has 2 saturated heterocycles. The molecule has 0 atom stereocenters. The Balaban J connectivity index is 1.30. The molecule has 2 aliphatic heterocycles. The molecule has 226 valence electrons. The van der Waals surface area contributed by atoms with Gasteiger partial charge in [0.25, 0.3) is 0 Å². The summed E-state index contributed by atoms with van der Waals surface area (Å²) in [7, 11) is 1.59. The number of nitrogens with one attached hydrogen (secondary N) is 1. The number of hydrogen-bond donors (Lipinski definition) is 1. The van der Waals surface area contributed by atoms with E-state index in [1.165, 1.54) is 6.07 Å². The minimum Gasteiger partial charge on any atom is -0.497 e. The lowest BCUT2D eigenvalue weighted by Crippen LogP contribution is -2.50. The van der Waals surface area contributed by atoms with E-state index in [9.17, 15) is 9.59 Å². The number of likely N-dealkylation sites (tertiary alicyclic amines) is 1. The molecule has 1 aromatic heterocycles. The Morgan fingerprint density at radius 1 is 1.07 bits per heavy atom. The number of nitrogens with zero attached hydrogens (tertiary/aromatic N) is 3.